The van der Waals surface area contributed by atoms with E-state index in [2.05, 4.69) is 4.74 Å². The molecule has 1 aromatic carbocycles. The molecule has 0 bridgehead atoms. The third kappa shape index (κ3) is 3.96. The minimum absolute atomic E-state index is 0.378. The average molecular weight is 275 g/mol. The Bertz CT molecular complexity index is 438. The van der Waals surface area contributed by atoms with Gasteiger partial charge in [-0.05, 0) is 31.5 Å². The number of hydrogen-bond donors (Lipinski definition) is 1. The van der Waals surface area contributed by atoms with Crippen molar-refractivity contribution in [1.82, 2.24) is 0 Å². The number of halogens is 2. The van der Waals surface area contributed by atoms with Crippen LogP contribution < -0.4 is 5.73 Å². The van der Waals surface area contributed by atoms with Crippen molar-refractivity contribution in [3.05, 3.63) is 29.8 Å². The zero-order valence-electron chi connectivity index (χ0n) is 10.2. The van der Waals surface area contributed by atoms with Gasteiger partial charge in [-0.1, -0.05) is 0 Å². The van der Waals surface area contributed by atoms with Crippen LogP contribution in [0.3, 0.4) is 0 Å². The Morgan fingerprint density at radius 3 is 2.67 bits per heavy atom. The Kier molecular flexibility index (Phi) is 5.10. The molecule has 0 aliphatic heterocycles. The SMILES string of the molecule is COC(=O)C(C)(N)CCSc1ccc(F)c(F)c1. The molecule has 0 spiro atoms. The Morgan fingerprint density at radius 1 is 1.44 bits per heavy atom. The zero-order chi connectivity index (χ0) is 13.8. The summed E-state index contributed by atoms with van der Waals surface area (Å²) in [5.74, 6) is -1.75. The smallest absolute Gasteiger partial charge is 0.325 e. The van der Waals surface area contributed by atoms with E-state index in [0.29, 0.717) is 17.1 Å². The second-order valence-electron chi connectivity index (χ2n) is 4.08. The minimum Gasteiger partial charge on any atom is -0.468 e. The van der Waals surface area contributed by atoms with Crippen molar-refractivity contribution in [3.63, 3.8) is 0 Å². The molecular weight excluding hydrogens is 260 g/mol. The largest absolute Gasteiger partial charge is 0.468 e. The summed E-state index contributed by atoms with van der Waals surface area (Å²) in [6.45, 7) is 1.57. The van der Waals surface area contributed by atoms with E-state index in [0.717, 1.165) is 12.1 Å². The van der Waals surface area contributed by atoms with Gasteiger partial charge in [-0.2, -0.15) is 0 Å². The van der Waals surface area contributed by atoms with Gasteiger partial charge in [-0.3, -0.25) is 4.79 Å². The summed E-state index contributed by atoms with van der Waals surface area (Å²) in [5, 5.41) is 0. The number of benzene rings is 1. The normalized spacial score (nSPS) is 14.1. The van der Waals surface area contributed by atoms with Crippen molar-refractivity contribution in [2.75, 3.05) is 12.9 Å². The van der Waals surface area contributed by atoms with Gasteiger partial charge in [0.25, 0.3) is 0 Å². The molecule has 3 nitrogen and oxygen atoms in total. The van der Waals surface area contributed by atoms with Crippen LogP contribution in [0.1, 0.15) is 13.3 Å². The van der Waals surface area contributed by atoms with Gasteiger partial charge < -0.3 is 10.5 Å². The summed E-state index contributed by atoms with van der Waals surface area (Å²) in [5.41, 5.74) is 4.70. The lowest BCUT2D eigenvalue weighted by atomic mass is 10.0. The molecule has 0 aliphatic rings. The topological polar surface area (TPSA) is 52.3 Å². The molecule has 0 radical (unpaired) electrons. The van der Waals surface area contributed by atoms with Crippen LogP contribution in [0, 0.1) is 11.6 Å². The molecule has 0 aliphatic carbocycles. The number of ether oxygens (including phenoxy) is 1. The number of carbonyl (C=O) groups is 1. The lowest BCUT2D eigenvalue weighted by Crippen LogP contribution is -2.46. The van der Waals surface area contributed by atoms with Crippen molar-refractivity contribution >= 4 is 17.7 Å². The van der Waals surface area contributed by atoms with E-state index < -0.39 is 23.1 Å². The summed E-state index contributed by atoms with van der Waals surface area (Å²) in [6.07, 6.45) is 0.378. The van der Waals surface area contributed by atoms with E-state index >= 15 is 0 Å². The highest BCUT2D eigenvalue weighted by Gasteiger charge is 2.28. The Labute approximate surface area is 109 Å². The van der Waals surface area contributed by atoms with Crippen LogP contribution in [0.5, 0.6) is 0 Å². The lowest BCUT2D eigenvalue weighted by molar-refractivity contribution is -0.146. The Morgan fingerprint density at radius 2 is 2.11 bits per heavy atom. The molecule has 6 heteroatoms. The van der Waals surface area contributed by atoms with E-state index in [9.17, 15) is 13.6 Å². The number of thioether (sulfide) groups is 1. The fraction of sp³-hybridized carbons (Fsp3) is 0.417. The first-order valence-corrected chi connectivity index (χ1v) is 6.30. The van der Waals surface area contributed by atoms with Crippen LogP contribution in [0.25, 0.3) is 0 Å². The van der Waals surface area contributed by atoms with Crippen LogP contribution >= 0.6 is 11.8 Å². The summed E-state index contributed by atoms with van der Waals surface area (Å²) < 4.78 is 30.2. The molecule has 0 heterocycles. The zero-order valence-corrected chi connectivity index (χ0v) is 11.0. The van der Waals surface area contributed by atoms with Gasteiger partial charge in [0, 0.05) is 10.6 Å². The Balaban J connectivity index is 2.51. The van der Waals surface area contributed by atoms with Gasteiger partial charge in [0.2, 0.25) is 0 Å². The quantitative estimate of drug-likeness (QED) is 0.662. The number of carbonyl (C=O) groups excluding carboxylic acids is 1. The first kappa shape index (κ1) is 14.9. The van der Waals surface area contributed by atoms with Crippen molar-refractivity contribution < 1.29 is 18.3 Å². The van der Waals surface area contributed by atoms with Crippen LogP contribution in [0.4, 0.5) is 8.78 Å². The van der Waals surface area contributed by atoms with Crippen LogP contribution in [0.2, 0.25) is 0 Å². The summed E-state index contributed by atoms with van der Waals surface area (Å²) >= 11 is 1.30. The standard InChI is InChI=1S/C12H15F2NO2S/c1-12(15,11(16)17-2)5-6-18-8-3-4-9(13)10(14)7-8/h3-4,7H,5-6,15H2,1-2H3. The van der Waals surface area contributed by atoms with E-state index in [1.165, 1.54) is 24.9 Å². The van der Waals surface area contributed by atoms with E-state index in [1.807, 2.05) is 0 Å². The van der Waals surface area contributed by atoms with Gasteiger partial charge in [0.1, 0.15) is 5.54 Å². The van der Waals surface area contributed by atoms with Crippen molar-refractivity contribution in [1.29, 1.82) is 0 Å². The monoisotopic (exact) mass is 275 g/mol. The summed E-state index contributed by atoms with van der Waals surface area (Å²) in [4.78, 5) is 11.9. The molecule has 1 rings (SSSR count). The third-order valence-corrected chi connectivity index (χ3v) is 3.43. The van der Waals surface area contributed by atoms with Crippen molar-refractivity contribution in [3.8, 4) is 0 Å². The van der Waals surface area contributed by atoms with E-state index in [4.69, 9.17) is 5.73 Å². The molecule has 0 saturated heterocycles. The number of rotatable bonds is 5. The van der Waals surface area contributed by atoms with Crippen molar-refractivity contribution in [2.45, 2.75) is 23.8 Å². The Hall–Kier alpha value is -1.14. The highest BCUT2D eigenvalue weighted by molar-refractivity contribution is 7.99. The maximum Gasteiger partial charge on any atom is 0.325 e. The summed E-state index contributed by atoms with van der Waals surface area (Å²) in [6, 6.07) is 3.67. The maximum atomic E-state index is 12.9. The van der Waals surface area contributed by atoms with E-state index in [-0.39, 0.29) is 0 Å². The molecule has 1 unspecified atom stereocenters. The first-order valence-electron chi connectivity index (χ1n) is 5.32. The predicted octanol–water partition coefficient (Wildman–Crippen LogP) is 2.34. The molecule has 2 N–H and O–H groups in total. The van der Waals surface area contributed by atoms with Crippen molar-refractivity contribution in [2.24, 2.45) is 5.73 Å². The minimum atomic E-state index is -1.07. The average Bonchev–Trinajstić information content (AvgIpc) is 2.32. The molecule has 0 aromatic heterocycles. The lowest BCUT2D eigenvalue weighted by Gasteiger charge is -2.20. The second kappa shape index (κ2) is 6.15. The van der Waals surface area contributed by atoms with Gasteiger partial charge >= 0.3 is 5.97 Å². The fourth-order valence-corrected chi connectivity index (χ4v) is 2.40. The van der Waals surface area contributed by atoms with Crippen LogP contribution in [-0.2, 0) is 9.53 Å². The molecular formula is C12H15F2NO2S. The molecule has 18 heavy (non-hydrogen) atoms. The van der Waals surface area contributed by atoms with Crippen LogP contribution in [-0.4, -0.2) is 24.4 Å². The molecule has 1 atom stereocenters. The highest BCUT2D eigenvalue weighted by atomic mass is 32.2. The van der Waals surface area contributed by atoms with Crippen LogP contribution in [0.15, 0.2) is 23.1 Å². The van der Waals surface area contributed by atoms with Gasteiger partial charge in [0.05, 0.1) is 7.11 Å². The molecule has 0 fully saturated rings. The maximum absolute atomic E-state index is 12.9. The van der Waals surface area contributed by atoms with Gasteiger partial charge in [0.15, 0.2) is 11.6 Å². The second-order valence-corrected chi connectivity index (χ2v) is 5.25. The van der Waals surface area contributed by atoms with Gasteiger partial charge in [-0.25, -0.2) is 8.78 Å². The number of methoxy groups -OCH3 is 1. The first-order chi connectivity index (χ1) is 8.36. The molecule has 0 saturated carbocycles. The summed E-state index contributed by atoms with van der Waals surface area (Å²) in [7, 11) is 1.27. The number of esters is 1. The van der Waals surface area contributed by atoms with E-state index in [1.54, 1.807) is 6.92 Å². The highest BCUT2D eigenvalue weighted by Crippen LogP contribution is 2.23. The number of nitrogens with two attached hydrogens (primary N) is 1. The molecule has 1 aromatic rings. The number of hydrogen-bond acceptors (Lipinski definition) is 4. The fourth-order valence-electron chi connectivity index (χ4n) is 1.28. The molecule has 100 valence electrons. The van der Waals surface area contributed by atoms with Gasteiger partial charge in [-0.15, -0.1) is 11.8 Å². The predicted molar refractivity (Wildman–Crippen MR) is 66.3 cm³/mol. The molecule has 0 amide bonds. The third-order valence-electron chi connectivity index (χ3n) is 2.43.